The molecule has 0 bridgehead atoms. The van der Waals surface area contributed by atoms with Crippen LogP contribution in [0.15, 0.2) is 54.6 Å². The summed E-state index contributed by atoms with van der Waals surface area (Å²) in [5.74, 6) is 0.918. The highest BCUT2D eigenvalue weighted by Crippen LogP contribution is 2.39. The van der Waals surface area contributed by atoms with E-state index in [1.165, 1.54) is 7.11 Å². The number of hydrogen-bond donors (Lipinski definition) is 1. The van der Waals surface area contributed by atoms with Crippen molar-refractivity contribution >= 4 is 27.8 Å². The Morgan fingerprint density at radius 3 is 2.41 bits per heavy atom. The zero-order chi connectivity index (χ0) is 19.0. The first kappa shape index (κ1) is 17.0. The highest BCUT2D eigenvalue weighted by molar-refractivity contribution is 6.17. The van der Waals surface area contributed by atoms with Crippen LogP contribution in [-0.4, -0.2) is 32.3 Å². The molecule has 0 spiro atoms. The summed E-state index contributed by atoms with van der Waals surface area (Å²) in [4.78, 5) is 16.1. The second kappa shape index (κ2) is 6.68. The lowest BCUT2D eigenvalue weighted by molar-refractivity contribution is 0.0603. The van der Waals surface area contributed by atoms with Gasteiger partial charge >= 0.3 is 5.97 Å². The van der Waals surface area contributed by atoms with Crippen molar-refractivity contribution in [3.05, 3.63) is 60.2 Å². The maximum Gasteiger partial charge on any atom is 0.340 e. The lowest BCUT2D eigenvalue weighted by Crippen LogP contribution is -2.05. The molecular weight excluding hydrogens is 342 g/mol. The fourth-order valence-electron chi connectivity index (χ4n) is 3.48. The largest absolute Gasteiger partial charge is 0.497 e. The van der Waals surface area contributed by atoms with Crippen molar-refractivity contribution in [2.75, 3.05) is 21.3 Å². The number of methoxy groups -OCH3 is 3. The summed E-state index contributed by atoms with van der Waals surface area (Å²) in [7, 11) is 4.59. The molecule has 0 aliphatic carbocycles. The van der Waals surface area contributed by atoms with Crippen molar-refractivity contribution in [3.8, 4) is 22.6 Å². The molecule has 1 heterocycles. The number of para-hydroxylation sites is 1. The van der Waals surface area contributed by atoms with Crippen LogP contribution in [0.4, 0.5) is 0 Å². The first-order valence-corrected chi connectivity index (χ1v) is 8.52. The number of benzene rings is 3. The quantitative estimate of drug-likeness (QED) is 0.531. The van der Waals surface area contributed by atoms with Crippen LogP contribution in [0.5, 0.6) is 11.5 Å². The molecule has 0 aliphatic heterocycles. The number of carbonyl (C=O) groups is 1. The van der Waals surface area contributed by atoms with E-state index in [-0.39, 0.29) is 0 Å². The van der Waals surface area contributed by atoms with Gasteiger partial charge in [0.1, 0.15) is 11.5 Å². The van der Waals surface area contributed by atoms with Gasteiger partial charge in [-0.3, -0.25) is 0 Å². The van der Waals surface area contributed by atoms with Gasteiger partial charge in [-0.15, -0.1) is 0 Å². The topological polar surface area (TPSA) is 60.6 Å². The molecule has 0 unspecified atom stereocenters. The van der Waals surface area contributed by atoms with E-state index >= 15 is 0 Å². The van der Waals surface area contributed by atoms with Crippen LogP contribution in [-0.2, 0) is 4.74 Å². The molecule has 136 valence electrons. The monoisotopic (exact) mass is 361 g/mol. The van der Waals surface area contributed by atoms with Gasteiger partial charge in [-0.2, -0.15) is 0 Å². The summed E-state index contributed by atoms with van der Waals surface area (Å²) >= 11 is 0. The van der Waals surface area contributed by atoms with Gasteiger partial charge in [0.05, 0.1) is 32.4 Å². The molecular formula is C22H19NO4. The van der Waals surface area contributed by atoms with E-state index in [0.29, 0.717) is 17.1 Å². The van der Waals surface area contributed by atoms with Crippen LogP contribution in [0.3, 0.4) is 0 Å². The summed E-state index contributed by atoms with van der Waals surface area (Å²) in [6.45, 7) is 0. The molecule has 0 radical (unpaired) electrons. The maximum atomic E-state index is 12.7. The number of carbonyl (C=O) groups excluding carboxylic acids is 1. The number of H-pyrrole nitrogens is 1. The second-order valence-corrected chi connectivity index (χ2v) is 6.14. The fourth-order valence-corrected chi connectivity index (χ4v) is 3.48. The predicted molar refractivity (Wildman–Crippen MR) is 106 cm³/mol. The Morgan fingerprint density at radius 1 is 0.852 bits per heavy atom. The minimum atomic E-state index is -0.410. The molecule has 5 heteroatoms. The third-order valence-corrected chi connectivity index (χ3v) is 4.77. The highest BCUT2D eigenvalue weighted by atomic mass is 16.5. The average Bonchev–Trinajstić information content (AvgIpc) is 3.10. The number of hydrogen-bond acceptors (Lipinski definition) is 4. The Bertz CT molecular complexity index is 1160. The van der Waals surface area contributed by atoms with Crippen molar-refractivity contribution < 1.29 is 19.0 Å². The van der Waals surface area contributed by atoms with E-state index in [4.69, 9.17) is 14.2 Å². The Hall–Kier alpha value is -3.47. The van der Waals surface area contributed by atoms with Crippen molar-refractivity contribution in [2.45, 2.75) is 0 Å². The van der Waals surface area contributed by atoms with Gasteiger partial charge in [-0.05, 0) is 24.3 Å². The minimum absolute atomic E-state index is 0.410. The molecule has 5 nitrogen and oxygen atoms in total. The molecule has 3 aromatic carbocycles. The van der Waals surface area contributed by atoms with Crippen LogP contribution in [0, 0.1) is 0 Å². The molecule has 0 amide bonds. The van der Waals surface area contributed by atoms with E-state index in [2.05, 4.69) is 4.98 Å². The molecule has 0 aliphatic rings. The van der Waals surface area contributed by atoms with E-state index in [0.717, 1.165) is 32.9 Å². The number of esters is 1. The summed E-state index contributed by atoms with van der Waals surface area (Å²) in [5, 5.41) is 2.03. The van der Waals surface area contributed by atoms with E-state index in [9.17, 15) is 4.79 Å². The molecule has 1 aromatic heterocycles. The van der Waals surface area contributed by atoms with Crippen LogP contribution in [0.1, 0.15) is 10.4 Å². The van der Waals surface area contributed by atoms with Gasteiger partial charge in [-0.1, -0.05) is 30.3 Å². The van der Waals surface area contributed by atoms with Gasteiger partial charge < -0.3 is 19.2 Å². The van der Waals surface area contributed by atoms with Crippen LogP contribution < -0.4 is 9.47 Å². The van der Waals surface area contributed by atoms with Gasteiger partial charge in [0.2, 0.25) is 0 Å². The summed E-state index contributed by atoms with van der Waals surface area (Å²) in [5.41, 5.74) is 3.66. The SMILES string of the molecule is COC(=O)c1c(-c2cc(OC)ccc2OC)ccc2c1[nH]c1ccccc12. The van der Waals surface area contributed by atoms with E-state index in [1.54, 1.807) is 14.2 Å². The standard InChI is InChI=1S/C22H19NO4/c1-25-13-8-11-19(26-2)17(12-13)15-9-10-16-14-6-4-5-7-18(14)23-21(16)20(15)22(24)27-3/h4-12,23H,1-3H3. The smallest absolute Gasteiger partial charge is 0.340 e. The number of aromatic nitrogens is 1. The zero-order valence-electron chi connectivity index (χ0n) is 15.3. The molecule has 4 aromatic rings. The molecule has 0 fully saturated rings. The first-order chi connectivity index (χ1) is 13.2. The van der Waals surface area contributed by atoms with Crippen LogP contribution in [0.25, 0.3) is 32.9 Å². The van der Waals surface area contributed by atoms with Gasteiger partial charge in [0.25, 0.3) is 0 Å². The van der Waals surface area contributed by atoms with Crippen molar-refractivity contribution in [3.63, 3.8) is 0 Å². The molecule has 4 rings (SSSR count). The first-order valence-electron chi connectivity index (χ1n) is 8.52. The Balaban J connectivity index is 2.10. The Morgan fingerprint density at radius 2 is 1.67 bits per heavy atom. The molecule has 1 N–H and O–H groups in total. The lowest BCUT2D eigenvalue weighted by Gasteiger charge is -2.14. The Labute approximate surface area is 156 Å². The normalized spacial score (nSPS) is 10.9. The summed E-state index contributed by atoms with van der Waals surface area (Å²) in [6, 6.07) is 17.4. The second-order valence-electron chi connectivity index (χ2n) is 6.14. The molecule has 27 heavy (non-hydrogen) atoms. The molecule has 0 saturated heterocycles. The fraction of sp³-hybridized carbons (Fsp3) is 0.136. The van der Waals surface area contributed by atoms with Crippen molar-refractivity contribution in [1.29, 1.82) is 0 Å². The number of nitrogens with one attached hydrogen (secondary N) is 1. The summed E-state index contributed by atoms with van der Waals surface area (Å²) < 4.78 is 16.0. The third kappa shape index (κ3) is 2.68. The van der Waals surface area contributed by atoms with E-state index < -0.39 is 5.97 Å². The summed E-state index contributed by atoms with van der Waals surface area (Å²) in [6.07, 6.45) is 0. The molecule has 0 atom stereocenters. The minimum Gasteiger partial charge on any atom is -0.497 e. The number of aromatic amines is 1. The van der Waals surface area contributed by atoms with Crippen molar-refractivity contribution in [2.24, 2.45) is 0 Å². The maximum absolute atomic E-state index is 12.7. The zero-order valence-corrected chi connectivity index (χ0v) is 15.3. The van der Waals surface area contributed by atoms with Crippen LogP contribution >= 0.6 is 0 Å². The number of rotatable bonds is 4. The Kier molecular flexibility index (Phi) is 4.20. The lowest BCUT2D eigenvalue weighted by atomic mass is 9.96. The van der Waals surface area contributed by atoms with E-state index in [1.807, 2.05) is 54.6 Å². The van der Waals surface area contributed by atoms with Gasteiger partial charge in [-0.25, -0.2) is 4.79 Å². The molecule has 0 saturated carbocycles. The highest BCUT2D eigenvalue weighted by Gasteiger charge is 2.22. The van der Waals surface area contributed by atoms with Gasteiger partial charge in [0.15, 0.2) is 0 Å². The number of ether oxygens (including phenoxy) is 3. The third-order valence-electron chi connectivity index (χ3n) is 4.77. The van der Waals surface area contributed by atoms with Crippen LogP contribution in [0.2, 0.25) is 0 Å². The number of fused-ring (bicyclic) bond motifs is 3. The average molecular weight is 361 g/mol. The van der Waals surface area contributed by atoms with Crippen molar-refractivity contribution in [1.82, 2.24) is 4.98 Å². The van der Waals surface area contributed by atoms with Gasteiger partial charge in [0, 0.05) is 27.4 Å². The predicted octanol–water partition coefficient (Wildman–Crippen LogP) is 4.79.